The van der Waals surface area contributed by atoms with Crippen LogP contribution in [0.1, 0.15) is 37.3 Å². The second-order valence-electron chi connectivity index (χ2n) is 4.95. The third-order valence-electron chi connectivity index (χ3n) is 2.99. The molecule has 120 valence electrons. The van der Waals surface area contributed by atoms with Crippen LogP contribution < -0.4 is 4.72 Å². The summed E-state index contributed by atoms with van der Waals surface area (Å²) in [6, 6.07) is 6.90. The topological polar surface area (TPSA) is 75.6 Å². The van der Waals surface area contributed by atoms with E-state index in [4.69, 9.17) is 9.84 Å². The Kier molecular flexibility index (Phi) is 8.52. The molecular weight excluding hydrogens is 290 g/mol. The van der Waals surface area contributed by atoms with Crippen LogP contribution in [0.4, 0.5) is 0 Å². The van der Waals surface area contributed by atoms with Crippen LogP contribution in [0, 0.1) is 0 Å². The lowest BCUT2D eigenvalue weighted by molar-refractivity contribution is 0.130. The van der Waals surface area contributed by atoms with Crippen LogP contribution in [0.2, 0.25) is 0 Å². The van der Waals surface area contributed by atoms with E-state index in [1.165, 1.54) is 0 Å². The van der Waals surface area contributed by atoms with Crippen molar-refractivity contribution in [1.82, 2.24) is 4.72 Å². The highest BCUT2D eigenvalue weighted by atomic mass is 32.2. The van der Waals surface area contributed by atoms with Gasteiger partial charge in [-0.25, -0.2) is 13.1 Å². The summed E-state index contributed by atoms with van der Waals surface area (Å²) in [7, 11) is -3.32. The number of rotatable bonds is 11. The van der Waals surface area contributed by atoms with E-state index in [-0.39, 0.29) is 12.4 Å². The third kappa shape index (κ3) is 8.16. The van der Waals surface area contributed by atoms with Crippen LogP contribution in [0.3, 0.4) is 0 Å². The first-order valence-electron chi connectivity index (χ1n) is 7.31. The molecule has 6 heteroatoms. The number of hydrogen-bond donors (Lipinski definition) is 2. The lowest BCUT2D eigenvalue weighted by Gasteiger charge is -2.08. The van der Waals surface area contributed by atoms with E-state index < -0.39 is 10.0 Å². The number of nitrogens with one attached hydrogen (secondary N) is 1. The van der Waals surface area contributed by atoms with Crippen molar-refractivity contribution in [2.24, 2.45) is 0 Å². The average Bonchev–Trinajstić information content (AvgIpc) is 2.46. The second kappa shape index (κ2) is 9.89. The molecule has 1 rings (SSSR count). The van der Waals surface area contributed by atoms with Crippen LogP contribution >= 0.6 is 0 Å². The molecule has 0 heterocycles. The predicted molar refractivity (Wildman–Crippen MR) is 83.3 cm³/mol. The molecule has 0 saturated carbocycles. The summed E-state index contributed by atoms with van der Waals surface area (Å²) in [5.74, 6) is -0.0462. The highest BCUT2D eigenvalue weighted by molar-refractivity contribution is 7.88. The summed E-state index contributed by atoms with van der Waals surface area (Å²) in [5, 5.41) is 8.94. The molecule has 0 radical (unpaired) electrons. The smallest absolute Gasteiger partial charge is 0.215 e. The van der Waals surface area contributed by atoms with E-state index in [0.717, 1.165) is 25.0 Å². The van der Waals surface area contributed by atoms with Crippen molar-refractivity contribution in [2.75, 3.05) is 19.8 Å². The van der Waals surface area contributed by atoms with Crippen LogP contribution in [0.25, 0.3) is 0 Å². The first-order chi connectivity index (χ1) is 10.1. The summed E-state index contributed by atoms with van der Waals surface area (Å²) in [4.78, 5) is 0. The summed E-state index contributed by atoms with van der Waals surface area (Å²) < 4.78 is 31.7. The first kappa shape index (κ1) is 18.1. The fourth-order valence-electron chi connectivity index (χ4n) is 1.76. The zero-order valence-corrected chi connectivity index (χ0v) is 13.4. The molecule has 0 spiro atoms. The van der Waals surface area contributed by atoms with Crippen LogP contribution in [0.15, 0.2) is 24.3 Å². The number of hydrogen-bond acceptors (Lipinski definition) is 4. The Hall–Kier alpha value is -0.950. The highest BCUT2D eigenvalue weighted by Gasteiger charge is 2.10. The van der Waals surface area contributed by atoms with Crippen molar-refractivity contribution in [2.45, 2.75) is 38.5 Å². The van der Waals surface area contributed by atoms with Gasteiger partial charge in [0.05, 0.1) is 12.4 Å². The van der Waals surface area contributed by atoms with E-state index >= 15 is 0 Å². The molecule has 0 unspecified atom stereocenters. The summed E-state index contributed by atoms with van der Waals surface area (Å²) >= 11 is 0. The van der Waals surface area contributed by atoms with Gasteiger partial charge in [-0.15, -0.1) is 0 Å². The highest BCUT2D eigenvalue weighted by Crippen LogP contribution is 2.07. The number of sulfonamides is 1. The lowest BCUT2D eigenvalue weighted by Crippen LogP contribution is -2.27. The Morgan fingerprint density at radius 3 is 2.33 bits per heavy atom. The minimum absolute atomic E-state index is 0.0384. The predicted octanol–water partition coefficient (Wildman–Crippen LogP) is 1.81. The van der Waals surface area contributed by atoms with Gasteiger partial charge in [0.1, 0.15) is 0 Å². The standard InChI is InChI=1S/C15H25NO4S/c1-2-3-10-20-11-4-9-16-21(18,19)13-15-7-5-14(12-17)6-8-15/h5-8,16-17H,2-4,9-13H2,1H3. The number of aliphatic hydroxyl groups is 1. The molecule has 2 N–H and O–H groups in total. The molecule has 5 nitrogen and oxygen atoms in total. The van der Waals surface area contributed by atoms with E-state index in [2.05, 4.69) is 11.6 Å². The van der Waals surface area contributed by atoms with Crippen molar-refractivity contribution in [3.05, 3.63) is 35.4 Å². The van der Waals surface area contributed by atoms with Gasteiger partial charge in [-0.3, -0.25) is 0 Å². The van der Waals surface area contributed by atoms with E-state index in [9.17, 15) is 8.42 Å². The van der Waals surface area contributed by atoms with Gasteiger partial charge in [0.15, 0.2) is 0 Å². The molecule has 0 aliphatic carbocycles. The maximum atomic E-state index is 11.9. The van der Waals surface area contributed by atoms with Gasteiger partial charge < -0.3 is 9.84 Å². The van der Waals surface area contributed by atoms with Crippen LogP contribution in [-0.2, 0) is 27.1 Å². The Labute approximate surface area is 127 Å². The molecule has 0 fully saturated rings. The minimum atomic E-state index is -3.32. The van der Waals surface area contributed by atoms with Gasteiger partial charge in [0, 0.05) is 19.8 Å². The summed E-state index contributed by atoms with van der Waals surface area (Å²) in [5.41, 5.74) is 1.48. The van der Waals surface area contributed by atoms with Crippen molar-refractivity contribution in [3.63, 3.8) is 0 Å². The molecule has 21 heavy (non-hydrogen) atoms. The summed E-state index contributed by atoms with van der Waals surface area (Å²) in [6.07, 6.45) is 2.81. The Balaban J connectivity index is 2.26. The Morgan fingerprint density at radius 2 is 1.71 bits per heavy atom. The monoisotopic (exact) mass is 315 g/mol. The van der Waals surface area contributed by atoms with Crippen LogP contribution in [-0.4, -0.2) is 33.3 Å². The number of benzene rings is 1. The molecule has 0 aliphatic heterocycles. The number of ether oxygens (including phenoxy) is 1. The SMILES string of the molecule is CCCCOCCCNS(=O)(=O)Cc1ccc(CO)cc1. The van der Waals surface area contributed by atoms with E-state index in [1.54, 1.807) is 24.3 Å². The molecule has 0 bridgehead atoms. The molecule has 0 aromatic heterocycles. The fourth-order valence-corrected chi connectivity index (χ4v) is 2.95. The quantitative estimate of drug-likeness (QED) is 0.611. The van der Waals surface area contributed by atoms with E-state index in [1.807, 2.05) is 0 Å². The van der Waals surface area contributed by atoms with Crippen molar-refractivity contribution in [3.8, 4) is 0 Å². The molecule has 1 aromatic carbocycles. The number of aliphatic hydroxyl groups excluding tert-OH is 1. The van der Waals surface area contributed by atoms with Crippen LogP contribution in [0.5, 0.6) is 0 Å². The van der Waals surface area contributed by atoms with Gasteiger partial charge in [0.2, 0.25) is 10.0 Å². The van der Waals surface area contributed by atoms with Crippen molar-refractivity contribution < 1.29 is 18.3 Å². The zero-order valence-electron chi connectivity index (χ0n) is 12.5. The second-order valence-corrected chi connectivity index (χ2v) is 6.75. The maximum Gasteiger partial charge on any atom is 0.215 e. The third-order valence-corrected chi connectivity index (χ3v) is 4.35. The molecule has 1 aromatic rings. The molecule has 0 amide bonds. The number of unbranched alkanes of at least 4 members (excludes halogenated alkanes) is 1. The van der Waals surface area contributed by atoms with Gasteiger partial charge >= 0.3 is 0 Å². The summed E-state index contributed by atoms with van der Waals surface area (Å²) in [6.45, 7) is 3.77. The minimum Gasteiger partial charge on any atom is -0.392 e. The zero-order chi connectivity index (χ0) is 15.6. The average molecular weight is 315 g/mol. The first-order valence-corrected chi connectivity index (χ1v) is 8.96. The van der Waals surface area contributed by atoms with Gasteiger partial charge in [0.25, 0.3) is 0 Å². The normalized spacial score (nSPS) is 11.7. The lowest BCUT2D eigenvalue weighted by atomic mass is 10.2. The van der Waals surface area contributed by atoms with Gasteiger partial charge in [-0.1, -0.05) is 37.6 Å². The van der Waals surface area contributed by atoms with Crippen molar-refractivity contribution >= 4 is 10.0 Å². The molecular formula is C15H25NO4S. The maximum absolute atomic E-state index is 11.9. The Morgan fingerprint density at radius 1 is 1.10 bits per heavy atom. The van der Waals surface area contributed by atoms with Gasteiger partial charge in [-0.05, 0) is 24.0 Å². The molecule has 0 aliphatic rings. The van der Waals surface area contributed by atoms with E-state index in [0.29, 0.717) is 25.1 Å². The Bertz CT molecular complexity index is 485. The fraction of sp³-hybridized carbons (Fsp3) is 0.600. The largest absolute Gasteiger partial charge is 0.392 e. The molecule has 0 atom stereocenters. The van der Waals surface area contributed by atoms with Crippen molar-refractivity contribution in [1.29, 1.82) is 0 Å². The van der Waals surface area contributed by atoms with Gasteiger partial charge in [-0.2, -0.15) is 0 Å². The molecule has 0 saturated heterocycles.